The first kappa shape index (κ1) is 17.9. The van der Waals surface area contributed by atoms with E-state index in [1.807, 2.05) is 3.81 Å². The molecule has 0 saturated carbocycles. The molecule has 0 aromatic heterocycles. The van der Waals surface area contributed by atoms with Crippen LogP contribution in [0.1, 0.15) is 49.5 Å². The number of hydrogen-bond donors (Lipinski definition) is 0. The molecule has 2 aromatic carbocycles. The number of benzene rings is 2. The number of rotatable bonds is 4. The fourth-order valence-corrected chi connectivity index (χ4v) is 11.3. The average Bonchev–Trinajstić information content (AvgIpc) is 3.26. The predicted molar refractivity (Wildman–Crippen MR) is 110 cm³/mol. The molecule has 0 N–H and O–H groups in total. The summed E-state index contributed by atoms with van der Waals surface area (Å²) in [7, 11) is 0. The zero-order valence-electron chi connectivity index (χ0n) is 16.3. The molecule has 0 bridgehead atoms. The molecule has 0 spiro atoms. The Bertz CT molecular complexity index is 869. The third-order valence-electron chi connectivity index (χ3n) is 5.79. The quantitative estimate of drug-likeness (QED) is 0.521. The van der Waals surface area contributed by atoms with Crippen molar-refractivity contribution in [3.05, 3.63) is 81.8 Å². The van der Waals surface area contributed by atoms with Crippen molar-refractivity contribution in [2.45, 2.75) is 38.3 Å². The Balaban J connectivity index is 2.02. The number of allylic oxidation sites excluding steroid dienone is 4. The Morgan fingerprint density at radius 1 is 0.846 bits per heavy atom. The summed E-state index contributed by atoms with van der Waals surface area (Å²) >= 11 is -1.69. The average molecular weight is 376 g/mol. The summed E-state index contributed by atoms with van der Waals surface area (Å²) in [6.45, 7) is 9.66. The topological polar surface area (TPSA) is 0 Å². The Morgan fingerprint density at radius 3 is 1.85 bits per heavy atom. The molecule has 0 unspecified atom stereocenters. The van der Waals surface area contributed by atoms with Gasteiger partial charge in [-0.05, 0) is 0 Å². The van der Waals surface area contributed by atoms with Gasteiger partial charge in [0.05, 0.1) is 0 Å². The zero-order chi connectivity index (χ0) is 18.3. The molecule has 0 heterocycles. The van der Waals surface area contributed by atoms with Gasteiger partial charge < -0.3 is 0 Å². The van der Waals surface area contributed by atoms with Gasteiger partial charge in [0.2, 0.25) is 0 Å². The van der Waals surface area contributed by atoms with Crippen LogP contribution in [-0.2, 0) is 17.4 Å². The summed E-state index contributed by atoms with van der Waals surface area (Å²) < 4.78 is 4.21. The first-order valence-corrected chi connectivity index (χ1v) is 12.3. The fraction of sp³-hybridized carbons (Fsp3) is 0.320. The van der Waals surface area contributed by atoms with Gasteiger partial charge in [0.1, 0.15) is 0 Å². The first-order chi connectivity index (χ1) is 12.6. The third-order valence-corrected chi connectivity index (χ3v) is 12.1. The summed E-state index contributed by atoms with van der Waals surface area (Å²) in [6, 6.07) is 18.3. The van der Waals surface area contributed by atoms with Crippen LogP contribution < -0.4 is 0 Å². The molecule has 0 amide bonds. The molecule has 0 saturated heterocycles. The van der Waals surface area contributed by atoms with E-state index >= 15 is 0 Å². The van der Waals surface area contributed by atoms with Crippen LogP contribution >= 0.6 is 0 Å². The molecule has 2 aliphatic rings. The minimum absolute atomic E-state index is 0.605. The van der Waals surface area contributed by atoms with Crippen molar-refractivity contribution >= 4 is 3.81 Å². The standard InChI is InChI=1S/C13H9.C7H14.C5H5.Ti/c1-3-7-12-10(5-1)9-11-6-2-4-8-13(11)12;1-6(2)5-7(3)4;1-2-4-5-3-1;/h1-9H;6-7H,1-4H3;1-3H,4H2;. The molecule has 0 fully saturated rings. The molecule has 4 rings (SSSR count). The second-order valence-electron chi connectivity index (χ2n) is 8.11. The predicted octanol–water partition coefficient (Wildman–Crippen LogP) is 6.70. The van der Waals surface area contributed by atoms with E-state index in [1.165, 1.54) is 17.5 Å². The summed E-state index contributed by atoms with van der Waals surface area (Å²) in [5.74, 6) is 1.32. The van der Waals surface area contributed by atoms with Crippen LogP contribution in [0.2, 0.25) is 0 Å². The Kier molecular flexibility index (Phi) is 4.99. The second kappa shape index (κ2) is 7.26. The van der Waals surface area contributed by atoms with E-state index in [1.54, 1.807) is 15.0 Å². The van der Waals surface area contributed by atoms with Crippen molar-refractivity contribution in [3.8, 4) is 11.1 Å². The monoisotopic (exact) mass is 376 g/mol. The van der Waals surface area contributed by atoms with Crippen LogP contribution in [0.15, 0.2) is 70.6 Å². The molecule has 26 heavy (non-hydrogen) atoms. The molecule has 0 atom stereocenters. The van der Waals surface area contributed by atoms with E-state index in [9.17, 15) is 0 Å². The number of hydrogen-bond acceptors (Lipinski definition) is 0. The van der Waals surface area contributed by atoms with Crippen LogP contribution in [0.3, 0.4) is 0 Å². The SMILES string of the molecule is CC(C)[C](C(C)C)=[Ti]([C]1=CC=CC1)[CH]1c2ccccc2-c2ccccc21. The normalized spacial score (nSPS) is 15.4. The summed E-state index contributed by atoms with van der Waals surface area (Å²) in [5, 5.41) is 0. The maximum atomic E-state index is 2.45. The van der Waals surface area contributed by atoms with Crippen molar-refractivity contribution in [3.63, 3.8) is 0 Å². The van der Waals surface area contributed by atoms with Crippen molar-refractivity contribution in [1.82, 2.24) is 0 Å². The van der Waals surface area contributed by atoms with Crippen molar-refractivity contribution in [2.75, 3.05) is 0 Å². The van der Waals surface area contributed by atoms with Gasteiger partial charge in [-0.25, -0.2) is 0 Å². The number of fused-ring (bicyclic) bond motifs is 3. The molecule has 0 aliphatic heterocycles. The Hall–Kier alpha value is -1.50. The maximum absolute atomic E-state index is 2.45. The molecule has 0 nitrogen and oxygen atoms in total. The molecular formula is C25H28Ti. The van der Waals surface area contributed by atoms with E-state index in [2.05, 4.69) is 94.5 Å². The van der Waals surface area contributed by atoms with E-state index in [-0.39, 0.29) is 0 Å². The van der Waals surface area contributed by atoms with E-state index < -0.39 is 17.4 Å². The van der Waals surface area contributed by atoms with Crippen LogP contribution in [0, 0.1) is 11.8 Å². The van der Waals surface area contributed by atoms with Crippen LogP contribution in [0.5, 0.6) is 0 Å². The van der Waals surface area contributed by atoms with Crippen molar-refractivity contribution < 1.29 is 17.4 Å². The fourth-order valence-electron chi connectivity index (χ4n) is 4.94. The summed E-state index contributed by atoms with van der Waals surface area (Å²) in [4.78, 5) is 0. The van der Waals surface area contributed by atoms with E-state index in [0.29, 0.717) is 16.1 Å². The van der Waals surface area contributed by atoms with Crippen LogP contribution in [-0.4, -0.2) is 3.81 Å². The zero-order valence-corrected chi connectivity index (χ0v) is 17.9. The van der Waals surface area contributed by atoms with E-state index in [4.69, 9.17) is 0 Å². The Labute approximate surface area is 164 Å². The van der Waals surface area contributed by atoms with Crippen LogP contribution in [0.4, 0.5) is 0 Å². The van der Waals surface area contributed by atoms with Gasteiger partial charge in [-0.3, -0.25) is 0 Å². The van der Waals surface area contributed by atoms with Gasteiger partial charge in [-0.1, -0.05) is 0 Å². The molecule has 2 aromatic rings. The van der Waals surface area contributed by atoms with Crippen molar-refractivity contribution in [1.29, 1.82) is 0 Å². The van der Waals surface area contributed by atoms with Gasteiger partial charge in [0.15, 0.2) is 0 Å². The minimum atomic E-state index is -1.69. The second-order valence-corrected chi connectivity index (χ2v) is 12.2. The van der Waals surface area contributed by atoms with Crippen LogP contribution in [0.25, 0.3) is 11.1 Å². The molecule has 0 radical (unpaired) electrons. The third kappa shape index (κ3) is 2.94. The summed E-state index contributed by atoms with van der Waals surface area (Å²) in [6.07, 6.45) is 8.25. The molecule has 132 valence electrons. The van der Waals surface area contributed by atoms with Gasteiger partial charge in [0, 0.05) is 0 Å². The summed E-state index contributed by atoms with van der Waals surface area (Å²) in [5.41, 5.74) is 6.10. The van der Waals surface area contributed by atoms with Gasteiger partial charge in [-0.15, -0.1) is 0 Å². The van der Waals surface area contributed by atoms with Gasteiger partial charge in [0.25, 0.3) is 0 Å². The molecule has 1 heteroatoms. The molecule has 2 aliphatic carbocycles. The Morgan fingerprint density at radius 2 is 1.38 bits per heavy atom. The van der Waals surface area contributed by atoms with Gasteiger partial charge in [-0.2, -0.15) is 0 Å². The first-order valence-electron chi connectivity index (χ1n) is 9.87. The van der Waals surface area contributed by atoms with Crippen molar-refractivity contribution in [2.24, 2.45) is 11.8 Å². The molecular weight excluding hydrogens is 348 g/mol. The van der Waals surface area contributed by atoms with Gasteiger partial charge >= 0.3 is 164 Å². The van der Waals surface area contributed by atoms with E-state index in [0.717, 1.165) is 0 Å².